The van der Waals surface area contributed by atoms with Gasteiger partial charge in [-0.3, -0.25) is 14.7 Å². The molecule has 1 aliphatic rings. The van der Waals surface area contributed by atoms with Crippen molar-refractivity contribution in [1.82, 2.24) is 35.1 Å². The second-order valence-corrected chi connectivity index (χ2v) is 7.28. The molecule has 3 aromatic heterocycles. The maximum absolute atomic E-state index is 5.31. The summed E-state index contributed by atoms with van der Waals surface area (Å²) in [5.74, 6) is 2.65. The largest absolute Gasteiger partial charge is 0.356 e. The molecule has 0 aromatic carbocycles. The number of guanidine groups is 1. The highest BCUT2D eigenvalue weighted by Gasteiger charge is 2.25. The number of likely N-dealkylation sites (tertiary alicyclic amines) is 1. The van der Waals surface area contributed by atoms with Gasteiger partial charge < -0.3 is 14.7 Å². The van der Waals surface area contributed by atoms with Gasteiger partial charge in [-0.1, -0.05) is 11.2 Å². The summed E-state index contributed by atoms with van der Waals surface area (Å²) >= 11 is 0. The normalized spacial score (nSPS) is 17.1. The Kier molecular flexibility index (Phi) is 5.83. The molecule has 0 amide bonds. The van der Waals surface area contributed by atoms with Crippen molar-refractivity contribution in [1.29, 1.82) is 0 Å². The lowest BCUT2D eigenvalue weighted by atomic mass is 10.0. The van der Waals surface area contributed by atoms with Gasteiger partial charge in [-0.25, -0.2) is 0 Å². The molecule has 1 fully saturated rings. The van der Waals surface area contributed by atoms with Crippen LogP contribution in [0.1, 0.15) is 17.8 Å². The Balaban J connectivity index is 1.25. The van der Waals surface area contributed by atoms with Crippen LogP contribution in [0.5, 0.6) is 0 Å². The van der Waals surface area contributed by atoms with Crippen LogP contribution in [-0.2, 0) is 19.9 Å². The molecule has 4 rings (SSSR count). The van der Waals surface area contributed by atoms with E-state index in [9.17, 15) is 0 Å². The van der Waals surface area contributed by atoms with Crippen LogP contribution in [0.15, 0.2) is 46.3 Å². The second kappa shape index (κ2) is 8.85. The molecule has 29 heavy (non-hydrogen) atoms. The number of rotatable bonds is 6. The summed E-state index contributed by atoms with van der Waals surface area (Å²) in [6.07, 6.45) is 8.64. The van der Waals surface area contributed by atoms with E-state index >= 15 is 0 Å². The van der Waals surface area contributed by atoms with Gasteiger partial charge in [0, 0.05) is 52.5 Å². The first kappa shape index (κ1) is 19.1. The van der Waals surface area contributed by atoms with Crippen LogP contribution in [-0.4, -0.2) is 62.4 Å². The van der Waals surface area contributed by atoms with Crippen LogP contribution in [0, 0.1) is 5.92 Å². The standard InChI is InChI=1S/C20H26N8O/c1-21-20(28-10-7-15(14-28)11-16-12-24-27(2)13-16)23-9-6-18-25-19(29-26-18)17-5-3-4-8-22-17/h3-5,8,12-13,15H,6-7,9-11,14H2,1-2H3,(H,21,23). The molecule has 1 aliphatic heterocycles. The third-order valence-electron chi connectivity index (χ3n) is 5.06. The summed E-state index contributed by atoms with van der Waals surface area (Å²) in [7, 11) is 3.78. The summed E-state index contributed by atoms with van der Waals surface area (Å²) in [5.41, 5.74) is 1.98. The molecule has 152 valence electrons. The average molecular weight is 394 g/mol. The zero-order chi connectivity index (χ0) is 20.1. The molecule has 9 nitrogen and oxygen atoms in total. The maximum atomic E-state index is 5.31. The van der Waals surface area contributed by atoms with Gasteiger partial charge in [0.15, 0.2) is 11.8 Å². The summed E-state index contributed by atoms with van der Waals surface area (Å²) < 4.78 is 7.17. The van der Waals surface area contributed by atoms with Gasteiger partial charge in [-0.05, 0) is 36.5 Å². The molecule has 0 radical (unpaired) electrons. The van der Waals surface area contributed by atoms with Crippen LogP contribution < -0.4 is 5.32 Å². The van der Waals surface area contributed by atoms with E-state index in [1.54, 1.807) is 6.20 Å². The molecule has 1 saturated heterocycles. The Hall–Kier alpha value is -3.23. The molecule has 4 heterocycles. The number of pyridine rings is 1. The van der Waals surface area contributed by atoms with Gasteiger partial charge in [-0.2, -0.15) is 10.1 Å². The molecule has 0 saturated carbocycles. The van der Waals surface area contributed by atoms with Crippen molar-refractivity contribution in [2.45, 2.75) is 19.3 Å². The first-order valence-corrected chi connectivity index (χ1v) is 9.88. The third-order valence-corrected chi connectivity index (χ3v) is 5.06. The zero-order valence-corrected chi connectivity index (χ0v) is 16.8. The van der Waals surface area contributed by atoms with E-state index in [1.807, 2.05) is 43.2 Å². The second-order valence-electron chi connectivity index (χ2n) is 7.28. The first-order chi connectivity index (χ1) is 14.2. The molecular weight excluding hydrogens is 368 g/mol. The highest BCUT2D eigenvalue weighted by molar-refractivity contribution is 5.80. The maximum Gasteiger partial charge on any atom is 0.276 e. The lowest BCUT2D eigenvalue weighted by Crippen LogP contribution is -2.41. The van der Waals surface area contributed by atoms with Crippen LogP contribution in [0.2, 0.25) is 0 Å². The number of hydrogen-bond donors (Lipinski definition) is 1. The molecule has 0 bridgehead atoms. The predicted octanol–water partition coefficient (Wildman–Crippen LogP) is 1.55. The smallest absolute Gasteiger partial charge is 0.276 e. The van der Waals surface area contributed by atoms with E-state index in [0.29, 0.717) is 36.3 Å². The molecule has 1 atom stereocenters. The quantitative estimate of drug-likeness (QED) is 0.500. The Morgan fingerprint density at radius 2 is 2.31 bits per heavy atom. The van der Waals surface area contributed by atoms with Crippen LogP contribution >= 0.6 is 0 Å². The van der Waals surface area contributed by atoms with E-state index in [4.69, 9.17) is 4.52 Å². The number of aryl methyl sites for hydroxylation is 1. The Morgan fingerprint density at radius 1 is 1.38 bits per heavy atom. The van der Waals surface area contributed by atoms with Crippen molar-refractivity contribution in [2.75, 3.05) is 26.7 Å². The summed E-state index contributed by atoms with van der Waals surface area (Å²) in [4.78, 5) is 15.4. The molecule has 0 aliphatic carbocycles. The van der Waals surface area contributed by atoms with Crippen LogP contribution in [0.3, 0.4) is 0 Å². The third kappa shape index (κ3) is 4.79. The van der Waals surface area contributed by atoms with Gasteiger partial charge in [0.25, 0.3) is 5.89 Å². The topological polar surface area (TPSA) is 97.3 Å². The van der Waals surface area contributed by atoms with Gasteiger partial charge >= 0.3 is 0 Å². The fraction of sp³-hybridized carbons (Fsp3) is 0.450. The number of nitrogens with one attached hydrogen (secondary N) is 1. The average Bonchev–Trinajstić information content (AvgIpc) is 3.48. The van der Waals surface area contributed by atoms with Gasteiger partial charge in [-0.15, -0.1) is 0 Å². The van der Waals surface area contributed by atoms with E-state index in [0.717, 1.165) is 31.9 Å². The fourth-order valence-electron chi connectivity index (χ4n) is 3.67. The van der Waals surface area contributed by atoms with E-state index < -0.39 is 0 Å². The minimum Gasteiger partial charge on any atom is -0.356 e. The minimum atomic E-state index is 0.447. The van der Waals surface area contributed by atoms with Crippen molar-refractivity contribution in [3.63, 3.8) is 0 Å². The van der Waals surface area contributed by atoms with E-state index in [2.05, 4.69) is 41.6 Å². The first-order valence-electron chi connectivity index (χ1n) is 9.88. The number of aromatic nitrogens is 5. The van der Waals surface area contributed by atoms with Crippen LogP contribution in [0.4, 0.5) is 0 Å². The highest BCUT2D eigenvalue weighted by atomic mass is 16.5. The predicted molar refractivity (Wildman–Crippen MR) is 109 cm³/mol. The molecule has 0 spiro atoms. The Bertz CT molecular complexity index is 948. The highest BCUT2D eigenvalue weighted by Crippen LogP contribution is 2.20. The molecular formula is C20H26N8O. The van der Waals surface area contributed by atoms with Crippen molar-refractivity contribution in [2.24, 2.45) is 18.0 Å². The number of hydrogen-bond acceptors (Lipinski definition) is 6. The summed E-state index contributed by atoms with van der Waals surface area (Å²) in [6.45, 7) is 2.70. The molecule has 1 unspecified atom stereocenters. The monoisotopic (exact) mass is 394 g/mol. The van der Waals surface area contributed by atoms with E-state index in [-0.39, 0.29) is 0 Å². The fourth-order valence-corrected chi connectivity index (χ4v) is 3.67. The minimum absolute atomic E-state index is 0.447. The van der Waals surface area contributed by atoms with Gasteiger partial charge in [0.1, 0.15) is 5.69 Å². The Labute approximate surface area is 169 Å². The molecule has 3 aromatic rings. The van der Waals surface area contributed by atoms with Crippen molar-refractivity contribution in [3.8, 4) is 11.6 Å². The van der Waals surface area contributed by atoms with Gasteiger partial charge in [0.2, 0.25) is 0 Å². The summed E-state index contributed by atoms with van der Waals surface area (Å²) in [5, 5.41) is 11.7. The zero-order valence-electron chi connectivity index (χ0n) is 16.8. The number of nitrogens with zero attached hydrogens (tertiary/aromatic N) is 7. The van der Waals surface area contributed by atoms with Crippen molar-refractivity contribution >= 4 is 5.96 Å². The molecule has 9 heteroatoms. The van der Waals surface area contributed by atoms with Gasteiger partial charge in [0.05, 0.1) is 6.20 Å². The van der Waals surface area contributed by atoms with Crippen molar-refractivity contribution < 1.29 is 4.52 Å². The Morgan fingerprint density at radius 3 is 3.07 bits per heavy atom. The summed E-state index contributed by atoms with van der Waals surface area (Å²) in [6, 6.07) is 5.61. The van der Waals surface area contributed by atoms with E-state index in [1.165, 1.54) is 5.56 Å². The van der Waals surface area contributed by atoms with Crippen molar-refractivity contribution in [3.05, 3.63) is 48.2 Å². The number of aliphatic imine (C=N–C) groups is 1. The molecule has 1 N–H and O–H groups in total. The van der Waals surface area contributed by atoms with Crippen LogP contribution in [0.25, 0.3) is 11.6 Å². The lowest BCUT2D eigenvalue weighted by Gasteiger charge is -2.21. The lowest BCUT2D eigenvalue weighted by molar-refractivity contribution is 0.420. The SMILES string of the molecule is CN=C(NCCc1noc(-c2ccccn2)n1)N1CCC(Cc2cnn(C)c2)C1.